The highest BCUT2D eigenvalue weighted by Crippen LogP contribution is 2.44. The molecule has 2 aliphatic rings. The molecule has 0 bridgehead atoms. The van der Waals surface area contributed by atoms with Crippen LogP contribution in [0.4, 0.5) is 13.2 Å². The molecule has 1 N–H and O–H groups in total. The largest absolute Gasteiger partial charge is 0.418 e. The molecule has 0 amide bonds. The Morgan fingerprint density at radius 3 is 2.60 bits per heavy atom. The van der Waals surface area contributed by atoms with Gasteiger partial charge in [-0.05, 0) is 85.9 Å². The summed E-state index contributed by atoms with van der Waals surface area (Å²) in [5.41, 5.74) is 2.49. The fourth-order valence-corrected chi connectivity index (χ4v) is 6.79. The average molecular weight is 582 g/mol. The second-order valence-electron chi connectivity index (χ2n) is 12.2. The summed E-state index contributed by atoms with van der Waals surface area (Å²) in [7, 11) is 0. The zero-order valence-electron chi connectivity index (χ0n) is 24.1. The third-order valence-corrected chi connectivity index (χ3v) is 9.01. The van der Waals surface area contributed by atoms with Crippen molar-refractivity contribution in [1.29, 1.82) is 0 Å². The molecule has 1 aliphatic heterocycles. The Hall–Kier alpha value is -3.37. The van der Waals surface area contributed by atoms with Crippen molar-refractivity contribution in [3.63, 3.8) is 0 Å². The van der Waals surface area contributed by atoms with Gasteiger partial charge < -0.3 is 5.11 Å². The van der Waals surface area contributed by atoms with Crippen LogP contribution in [0.15, 0.2) is 53.7 Å². The molecule has 10 heteroatoms. The number of hydrogen-bond donors (Lipinski definition) is 1. The van der Waals surface area contributed by atoms with Gasteiger partial charge in [0.15, 0.2) is 0 Å². The van der Waals surface area contributed by atoms with Crippen molar-refractivity contribution in [2.75, 3.05) is 19.7 Å². The Labute approximate surface area is 243 Å². The first-order valence-corrected chi connectivity index (χ1v) is 14.9. The molecule has 2 atom stereocenters. The lowest BCUT2D eigenvalue weighted by Gasteiger charge is -2.34. The molecule has 2 fully saturated rings. The van der Waals surface area contributed by atoms with Crippen LogP contribution in [-0.2, 0) is 19.3 Å². The van der Waals surface area contributed by atoms with Gasteiger partial charge in [-0.3, -0.25) is 18.5 Å². The number of fused-ring (bicyclic) bond motifs is 1. The predicted octanol–water partition coefficient (Wildman–Crippen LogP) is 5.77. The first-order chi connectivity index (χ1) is 20.1. The van der Waals surface area contributed by atoms with E-state index in [0.29, 0.717) is 36.2 Å². The number of nitrogens with zero attached hydrogens (tertiary/aromatic N) is 5. The van der Waals surface area contributed by atoms with Crippen LogP contribution in [-0.4, -0.2) is 48.5 Å². The van der Waals surface area contributed by atoms with Crippen LogP contribution in [0.1, 0.15) is 72.9 Å². The molecule has 0 unspecified atom stereocenters. The Bertz CT molecular complexity index is 1630. The van der Waals surface area contributed by atoms with Crippen LogP contribution in [0.25, 0.3) is 11.2 Å². The molecule has 0 radical (unpaired) electrons. The Morgan fingerprint density at radius 1 is 1.10 bits per heavy atom. The lowest BCUT2D eigenvalue weighted by atomic mass is 9.71. The number of benzene rings is 1. The van der Waals surface area contributed by atoms with Crippen LogP contribution < -0.4 is 5.69 Å². The number of imidazole rings is 1. The Morgan fingerprint density at radius 2 is 1.90 bits per heavy atom. The van der Waals surface area contributed by atoms with Crippen molar-refractivity contribution in [1.82, 2.24) is 23.6 Å². The summed E-state index contributed by atoms with van der Waals surface area (Å²) in [6.45, 7) is 6.62. The number of likely N-dealkylation sites (tertiary alicyclic amines) is 1. The van der Waals surface area contributed by atoms with Crippen molar-refractivity contribution < 1.29 is 18.3 Å². The third kappa shape index (κ3) is 5.54. The molecule has 6 rings (SSSR count). The van der Waals surface area contributed by atoms with Gasteiger partial charge in [-0.1, -0.05) is 25.5 Å². The number of piperidine rings is 1. The third-order valence-electron chi connectivity index (χ3n) is 9.01. The highest BCUT2D eigenvalue weighted by Gasteiger charge is 2.35. The first kappa shape index (κ1) is 28.7. The summed E-state index contributed by atoms with van der Waals surface area (Å²) in [5.74, 6) is 0.880. The van der Waals surface area contributed by atoms with Gasteiger partial charge in [-0.2, -0.15) is 18.3 Å². The predicted molar refractivity (Wildman–Crippen MR) is 155 cm³/mol. The number of aliphatic hydroxyl groups excluding tert-OH is 1. The Kier molecular flexibility index (Phi) is 7.78. The van der Waals surface area contributed by atoms with Crippen LogP contribution >= 0.6 is 0 Å². The molecule has 0 spiro atoms. The second kappa shape index (κ2) is 11.4. The molecule has 1 aliphatic carbocycles. The quantitative estimate of drug-likeness (QED) is 0.287. The van der Waals surface area contributed by atoms with E-state index in [1.54, 1.807) is 16.9 Å². The zero-order chi connectivity index (χ0) is 29.6. The molecule has 42 heavy (non-hydrogen) atoms. The number of aromatic nitrogens is 4. The summed E-state index contributed by atoms with van der Waals surface area (Å²) < 4.78 is 47.2. The van der Waals surface area contributed by atoms with Crippen molar-refractivity contribution in [2.24, 2.45) is 11.8 Å². The standard InChI is InChI=1S/C32H38F3N5O2/c1-21-6-5-11-37(16-21)18-23-14-27(32(33,34)35)28-20-39(31(42)40(28)19-23)26-10-4-9-25(15-26)29(24-7-3-8-24)30-22(2)17-38(36-30)12-13-41/h4,9-10,14-15,17,19-21,24,29,41H,3,5-8,11-13,16,18H2,1-2H3/t21-,29+/m0/s1. The molecule has 1 aromatic carbocycles. The molecule has 4 aromatic rings. The van der Waals surface area contributed by atoms with Gasteiger partial charge in [-0.15, -0.1) is 0 Å². The van der Waals surface area contributed by atoms with Crippen molar-refractivity contribution in [3.8, 4) is 5.69 Å². The molecular weight excluding hydrogens is 543 g/mol. The van der Waals surface area contributed by atoms with Crippen molar-refractivity contribution in [3.05, 3.63) is 87.4 Å². The second-order valence-corrected chi connectivity index (χ2v) is 12.2. The van der Waals surface area contributed by atoms with Gasteiger partial charge in [0.2, 0.25) is 0 Å². The van der Waals surface area contributed by atoms with E-state index in [9.17, 15) is 23.1 Å². The van der Waals surface area contributed by atoms with Gasteiger partial charge in [0.25, 0.3) is 0 Å². The minimum atomic E-state index is -4.60. The van der Waals surface area contributed by atoms with E-state index in [2.05, 4.69) is 11.8 Å². The van der Waals surface area contributed by atoms with Crippen LogP contribution in [0.5, 0.6) is 0 Å². The molecule has 224 valence electrons. The van der Waals surface area contributed by atoms with Gasteiger partial charge in [0.05, 0.1) is 35.6 Å². The molecule has 3 aromatic heterocycles. The van der Waals surface area contributed by atoms with Crippen LogP contribution in [0.3, 0.4) is 0 Å². The number of rotatable bonds is 8. The zero-order valence-corrected chi connectivity index (χ0v) is 24.1. The van der Waals surface area contributed by atoms with E-state index >= 15 is 0 Å². The maximum atomic E-state index is 14.3. The highest BCUT2D eigenvalue weighted by atomic mass is 19.4. The van der Waals surface area contributed by atoms with E-state index in [4.69, 9.17) is 5.10 Å². The summed E-state index contributed by atoms with van der Waals surface area (Å²) in [4.78, 5) is 15.9. The molecule has 7 nitrogen and oxygen atoms in total. The lowest BCUT2D eigenvalue weighted by molar-refractivity contribution is -0.136. The number of aryl methyl sites for hydroxylation is 1. The van der Waals surface area contributed by atoms with E-state index in [1.165, 1.54) is 16.8 Å². The molecular formula is C32H38F3N5O2. The summed E-state index contributed by atoms with van der Waals surface area (Å²) in [6, 6.07) is 8.75. The minimum Gasteiger partial charge on any atom is -0.394 e. The van der Waals surface area contributed by atoms with Gasteiger partial charge >= 0.3 is 11.9 Å². The average Bonchev–Trinajstić information content (AvgIpc) is 3.44. The minimum absolute atomic E-state index is 0.00403. The van der Waals surface area contributed by atoms with Crippen LogP contribution in [0, 0.1) is 18.8 Å². The Balaban J connectivity index is 1.41. The molecule has 1 saturated heterocycles. The molecule has 1 saturated carbocycles. The van der Waals surface area contributed by atoms with Crippen molar-refractivity contribution in [2.45, 2.75) is 71.1 Å². The van der Waals surface area contributed by atoms with Gasteiger partial charge in [0.1, 0.15) is 0 Å². The van der Waals surface area contributed by atoms with Crippen molar-refractivity contribution >= 4 is 5.52 Å². The number of alkyl halides is 3. The highest BCUT2D eigenvalue weighted by molar-refractivity contribution is 5.58. The normalized spacial score (nSPS) is 19.3. The summed E-state index contributed by atoms with van der Waals surface area (Å²) >= 11 is 0. The number of halogens is 3. The van der Waals surface area contributed by atoms with E-state index in [-0.39, 0.29) is 18.0 Å². The lowest BCUT2D eigenvalue weighted by Crippen LogP contribution is -2.34. The van der Waals surface area contributed by atoms with Gasteiger partial charge in [0, 0.05) is 37.6 Å². The van der Waals surface area contributed by atoms with Crippen LogP contribution in [0.2, 0.25) is 0 Å². The van der Waals surface area contributed by atoms with Gasteiger partial charge in [-0.25, -0.2) is 4.79 Å². The fourth-order valence-electron chi connectivity index (χ4n) is 6.79. The summed E-state index contributed by atoms with van der Waals surface area (Å²) in [5, 5.41) is 14.2. The van der Waals surface area contributed by atoms with E-state index < -0.39 is 17.4 Å². The fraction of sp³-hybridized carbons (Fsp3) is 0.500. The van der Waals surface area contributed by atoms with E-state index in [0.717, 1.165) is 66.4 Å². The number of aliphatic hydroxyl groups is 1. The van der Waals surface area contributed by atoms with E-state index in [1.807, 2.05) is 31.3 Å². The topological polar surface area (TPSA) is 67.7 Å². The number of hydrogen-bond acceptors (Lipinski definition) is 4. The maximum absolute atomic E-state index is 14.3. The summed E-state index contributed by atoms with van der Waals surface area (Å²) in [6.07, 6.45) is 5.62. The smallest absolute Gasteiger partial charge is 0.394 e. The maximum Gasteiger partial charge on any atom is 0.418 e. The first-order valence-electron chi connectivity index (χ1n) is 14.9. The SMILES string of the molecule is Cc1cn(CCO)nc1[C@@H](c1cccc(-n2cc3c(C(F)(F)F)cc(CN4CCC[C@H](C)C4)cn3c2=O)c1)C1CCC1. The number of pyridine rings is 1. The molecule has 4 heterocycles. The monoisotopic (exact) mass is 581 g/mol.